The van der Waals surface area contributed by atoms with Crippen molar-refractivity contribution in [3.05, 3.63) is 211 Å². The van der Waals surface area contributed by atoms with Crippen LogP contribution in [0.2, 0.25) is 0 Å². The van der Waals surface area contributed by atoms with Gasteiger partial charge in [-0.25, -0.2) is 0 Å². The Hall–Kier alpha value is -6.51. The molecule has 2 heteroatoms. The number of anilines is 2. The average molecular weight is 643 g/mol. The molecule has 0 fully saturated rings. The summed E-state index contributed by atoms with van der Waals surface area (Å²) < 4.78 is 0. The molecule has 0 aliphatic rings. The Morgan fingerprint density at radius 1 is 0.480 bits per heavy atom. The van der Waals surface area contributed by atoms with Gasteiger partial charge in [0, 0.05) is 23.2 Å². The van der Waals surface area contributed by atoms with E-state index in [1.165, 1.54) is 33.4 Å². The highest BCUT2D eigenvalue weighted by molar-refractivity contribution is 5.95. The molecule has 0 spiro atoms. The predicted molar refractivity (Wildman–Crippen MR) is 215 cm³/mol. The summed E-state index contributed by atoms with van der Waals surface area (Å²) in [5.41, 5.74) is 14.6. The molecule has 7 rings (SSSR count). The number of allylic oxidation sites excluding steroid dienone is 4. The van der Waals surface area contributed by atoms with E-state index in [2.05, 4.69) is 200 Å². The molecule has 50 heavy (non-hydrogen) atoms. The maximum Gasteiger partial charge on any atom is 0.0630 e. The summed E-state index contributed by atoms with van der Waals surface area (Å²) in [4.78, 5) is 4.83. The van der Waals surface area contributed by atoms with Crippen LogP contribution in [-0.4, -0.2) is 6.21 Å². The van der Waals surface area contributed by atoms with Crippen LogP contribution in [0.3, 0.4) is 0 Å². The van der Waals surface area contributed by atoms with E-state index in [1.807, 2.05) is 18.3 Å². The van der Waals surface area contributed by atoms with Crippen LogP contribution in [0.4, 0.5) is 17.1 Å². The van der Waals surface area contributed by atoms with E-state index in [-0.39, 0.29) is 0 Å². The van der Waals surface area contributed by atoms with Crippen molar-refractivity contribution in [1.82, 2.24) is 0 Å². The van der Waals surface area contributed by atoms with Crippen LogP contribution in [0.25, 0.3) is 44.5 Å². The van der Waals surface area contributed by atoms with Gasteiger partial charge in [-0.2, -0.15) is 0 Å². The molecule has 0 unspecified atom stereocenters. The second kappa shape index (κ2) is 15.6. The fourth-order valence-electron chi connectivity index (χ4n) is 6.04. The number of nitrogens with one attached hydrogen (secondary N) is 1. The Morgan fingerprint density at radius 3 is 1.56 bits per heavy atom. The van der Waals surface area contributed by atoms with Gasteiger partial charge in [0.15, 0.2) is 0 Å². The molecule has 0 heterocycles. The van der Waals surface area contributed by atoms with E-state index in [1.54, 1.807) is 0 Å². The predicted octanol–water partition coefficient (Wildman–Crippen LogP) is 13.3. The lowest BCUT2D eigenvalue weighted by Gasteiger charge is -2.16. The maximum absolute atomic E-state index is 4.83. The largest absolute Gasteiger partial charge is 0.355 e. The quantitative estimate of drug-likeness (QED) is 0.116. The first kappa shape index (κ1) is 32.1. The van der Waals surface area contributed by atoms with Gasteiger partial charge in [-0.1, -0.05) is 158 Å². The van der Waals surface area contributed by atoms with Gasteiger partial charge >= 0.3 is 0 Å². The van der Waals surface area contributed by atoms with Gasteiger partial charge in [0.05, 0.1) is 5.69 Å². The molecule has 0 aromatic heterocycles. The molecule has 1 N–H and O–H groups in total. The molecule has 7 aromatic rings. The summed E-state index contributed by atoms with van der Waals surface area (Å²) >= 11 is 0. The van der Waals surface area contributed by atoms with Crippen molar-refractivity contribution in [1.29, 1.82) is 0 Å². The minimum Gasteiger partial charge on any atom is -0.355 e. The fraction of sp³-hybridized carbons (Fsp3) is 0.0208. The molecule has 0 radical (unpaired) electrons. The van der Waals surface area contributed by atoms with Crippen LogP contribution in [0.5, 0.6) is 0 Å². The Kier molecular flexibility index (Phi) is 10.00. The highest BCUT2D eigenvalue weighted by atomic mass is 14.9. The van der Waals surface area contributed by atoms with Crippen LogP contribution in [0.15, 0.2) is 205 Å². The molecular weight excluding hydrogens is 605 g/mol. The van der Waals surface area contributed by atoms with Crippen molar-refractivity contribution in [2.24, 2.45) is 4.99 Å². The van der Waals surface area contributed by atoms with Crippen LogP contribution < -0.4 is 5.32 Å². The van der Waals surface area contributed by atoms with Crippen LogP contribution in [0, 0.1) is 0 Å². The zero-order chi connectivity index (χ0) is 34.0. The SMILES string of the molecule is C/C(=C\C(=C/C=Nc1ccc(-c2ccccc2)cc1)c1ccc(Nc2ccc(-c3ccccc3)cc2)c(-c2ccccc2)c1)c1ccccc1. The molecule has 7 aromatic carbocycles. The van der Waals surface area contributed by atoms with Crippen LogP contribution in [0.1, 0.15) is 18.1 Å². The van der Waals surface area contributed by atoms with Gasteiger partial charge in [0.1, 0.15) is 0 Å². The van der Waals surface area contributed by atoms with Crippen molar-refractivity contribution >= 4 is 34.4 Å². The van der Waals surface area contributed by atoms with Gasteiger partial charge in [-0.3, -0.25) is 4.99 Å². The Balaban J connectivity index is 1.23. The molecule has 0 aliphatic heterocycles. The van der Waals surface area contributed by atoms with E-state index < -0.39 is 0 Å². The number of benzene rings is 7. The Morgan fingerprint density at radius 2 is 0.980 bits per heavy atom. The number of rotatable bonds is 10. The van der Waals surface area contributed by atoms with Crippen molar-refractivity contribution in [3.8, 4) is 33.4 Å². The first-order valence-corrected chi connectivity index (χ1v) is 17.0. The molecule has 0 bridgehead atoms. The van der Waals surface area contributed by atoms with Crippen molar-refractivity contribution in [3.63, 3.8) is 0 Å². The molecule has 0 saturated heterocycles. The first-order chi connectivity index (χ1) is 24.7. The molecule has 0 saturated carbocycles. The van der Waals surface area contributed by atoms with Gasteiger partial charge in [-0.05, 0) is 99.5 Å². The molecule has 0 aliphatic carbocycles. The molecule has 0 amide bonds. The number of nitrogens with zero attached hydrogens (tertiary/aromatic N) is 1. The lowest BCUT2D eigenvalue weighted by Crippen LogP contribution is -1.95. The van der Waals surface area contributed by atoms with Gasteiger partial charge in [0.2, 0.25) is 0 Å². The van der Waals surface area contributed by atoms with Crippen LogP contribution in [-0.2, 0) is 0 Å². The minimum absolute atomic E-state index is 0.909. The monoisotopic (exact) mass is 642 g/mol. The Labute approximate surface area is 295 Å². The number of hydrogen-bond donors (Lipinski definition) is 1. The smallest absolute Gasteiger partial charge is 0.0630 e. The third kappa shape index (κ3) is 7.95. The van der Waals surface area contributed by atoms with Gasteiger partial charge < -0.3 is 5.32 Å². The van der Waals surface area contributed by atoms with Crippen molar-refractivity contribution in [2.75, 3.05) is 5.32 Å². The second-order valence-electron chi connectivity index (χ2n) is 12.2. The zero-order valence-corrected chi connectivity index (χ0v) is 28.1. The first-order valence-electron chi connectivity index (χ1n) is 17.0. The van der Waals surface area contributed by atoms with E-state index >= 15 is 0 Å². The third-order valence-electron chi connectivity index (χ3n) is 8.76. The van der Waals surface area contributed by atoms with Crippen LogP contribution >= 0.6 is 0 Å². The number of aliphatic imine (C=N–C) groups is 1. The fourth-order valence-corrected chi connectivity index (χ4v) is 6.04. The minimum atomic E-state index is 0.909. The summed E-state index contributed by atoms with van der Waals surface area (Å²) in [5.74, 6) is 0. The highest BCUT2D eigenvalue weighted by Gasteiger charge is 2.10. The van der Waals surface area contributed by atoms with E-state index in [4.69, 9.17) is 4.99 Å². The van der Waals surface area contributed by atoms with Gasteiger partial charge in [-0.15, -0.1) is 0 Å². The number of hydrogen-bond acceptors (Lipinski definition) is 2. The van der Waals surface area contributed by atoms with Gasteiger partial charge in [0.25, 0.3) is 0 Å². The maximum atomic E-state index is 4.83. The average Bonchev–Trinajstić information content (AvgIpc) is 3.19. The van der Waals surface area contributed by atoms with E-state index in [9.17, 15) is 0 Å². The van der Waals surface area contributed by atoms with Crippen molar-refractivity contribution < 1.29 is 0 Å². The normalized spacial score (nSPS) is 11.9. The standard InChI is InChI=1S/C48H38N2/c1-36(37-14-6-2-7-15-37)34-44(32-33-49-45-27-22-40(23-28-45)38-16-8-3-9-17-38)43-26-31-48(47(35-43)42-20-12-5-13-21-42)50-46-29-24-41(25-30-46)39-18-10-4-11-19-39/h2-35,50H,1H3/b36-34+,44-32+,49-33?. The summed E-state index contributed by atoms with van der Waals surface area (Å²) in [6.07, 6.45) is 6.26. The lowest BCUT2D eigenvalue weighted by molar-refractivity contribution is 1.50. The summed E-state index contributed by atoms with van der Waals surface area (Å²) in [6.45, 7) is 2.16. The summed E-state index contributed by atoms with van der Waals surface area (Å²) in [7, 11) is 0. The molecular formula is C48H38N2. The topological polar surface area (TPSA) is 24.4 Å². The molecule has 2 nitrogen and oxygen atoms in total. The highest BCUT2D eigenvalue weighted by Crippen LogP contribution is 2.35. The molecule has 0 atom stereocenters. The summed E-state index contributed by atoms with van der Waals surface area (Å²) in [6, 6.07) is 65.6. The lowest BCUT2D eigenvalue weighted by atomic mass is 9.95. The molecule has 240 valence electrons. The summed E-state index contributed by atoms with van der Waals surface area (Å²) in [5, 5.41) is 3.70. The third-order valence-corrected chi connectivity index (χ3v) is 8.76. The van der Waals surface area contributed by atoms with E-state index in [0.29, 0.717) is 0 Å². The van der Waals surface area contributed by atoms with Crippen molar-refractivity contribution in [2.45, 2.75) is 6.92 Å². The second-order valence-corrected chi connectivity index (χ2v) is 12.2. The van der Waals surface area contributed by atoms with E-state index in [0.717, 1.165) is 39.3 Å². The zero-order valence-electron chi connectivity index (χ0n) is 28.1. The Bertz CT molecular complexity index is 2230.